The van der Waals surface area contributed by atoms with E-state index in [0.29, 0.717) is 44.1 Å². The first-order valence-electron chi connectivity index (χ1n) is 9.78. The summed E-state index contributed by atoms with van der Waals surface area (Å²) in [6, 6.07) is 11.6. The smallest absolute Gasteiger partial charge is 0.258 e. The number of anilines is 1. The molecule has 0 unspecified atom stereocenters. The highest BCUT2D eigenvalue weighted by Crippen LogP contribution is 2.23. The van der Waals surface area contributed by atoms with E-state index in [9.17, 15) is 14.0 Å². The molecule has 3 heterocycles. The topological polar surface area (TPSA) is 65.5 Å². The summed E-state index contributed by atoms with van der Waals surface area (Å²) in [6.45, 7) is 2.14. The van der Waals surface area contributed by atoms with Crippen LogP contribution < -0.4 is 10.2 Å². The first kappa shape index (κ1) is 21.3. The van der Waals surface area contributed by atoms with Crippen LogP contribution in [0.15, 0.2) is 54.0 Å². The largest absolute Gasteiger partial charge is 0.352 e. The van der Waals surface area contributed by atoms with Crippen molar-refractivity contribution >= 4 is 40.6 Å². The molecular formula is C22H20ClFN4O2S. The van der Waals surface area contributed by atoms with Crippen molar-refractivity contribution in [3.63, 3.8) is 0 Å². The van der Waals surface area contributed by atoms with Gasteiger partial charge in [0.25, 0.3) is 11.8 Å². The van der Waals surface area contributed by atoms with Crippen LogP contribution in [0.3, 0.4) is 0 Å². The number of thiophene rings is 1. The third kappa shape index (κ3) is 4.70. The second kappa shape index (κ2) is 9.45. The number of rotatable bonds is 5. The molecule has 2 aromatic heterocycles. The molecule has 9 heteroatoms. The van der Waals surface area contributed by atoms with Gasteiger partial charge in [0.05, 0.1) is 22.7 Å². The van der Waals surface area contributed by atoms with Gasteiger partial charge in [0.15, 0.2) is 0 Å². The van der Waals surface area contributed by atoms with Gasteiger partial charge in [-0.15, -0.1) is 11.3 Å². The molecule has 160 valence electrons. The van der Waals surface area contributed by atoms with Gasteiger partial charge in [0, 0.05) is 37.3 Å². The maximum atomic E-state index is 14.1. The van der Waals surface area contributed by atoms with Crippen molar-refractivity contribution in [2.45, 2.75) is 6.54 Å². The number of hydrogen-bond donors (Lipinski definition) is 1. The molecule has 1 aliphatic rings. The van der Waals surface area contributed by atoms with Crippen LogP contribution in [0, 0.1) is 5.82 Å². The standard InChI is InChI=1S/C22H20ClFN4O2S/c23-17-6-1-7-18(24)19(17)22(30)28-11-9-27(10-12-28)20-16(5-2-8-25-20)21(29)26-14-15-4-3-13-31-15/h1-8,13H,9-12,14H2,(H,26,29). The van der Waals surface area contributed by atoms with Gasteiger partial charge < -0.3 is 15.1 Å². The van der Waals surface area contributed by atoms with Crippen LogP contribution in [0.1, 0.15) is 25.6 Å². The number of amides is 2. The van der Waals surface area contributed by atoms with Crippen LogP contribution in [0.25, 0.3) is 0 Å². The minimum atomic E-state index is -0.630. The van der Waals surface area contributed by atoms with Gasteiger partial charge in [0.1, 0.15) is 11.6 Å². The zero-order chi connectivity index (χ0) is 21.8. The second-order valence-corrected chi connectivity index (χ2v) is 8.45. The lowest BCUT2D eigenvalue weighted by Crippen LogP contribution is -2.49. The average Bonchev–Trinajstić information content (AvgIpc) is 3.31. The number of carbonyl (C=O) groups excluding carboxylic acids is 2. The molecule has 2 amide bonds. The maximum Gasteiger partial charge on any atom is 0.258 e. The third-order valence-corrected chi connectivity index (χ3v) is 6.27. The van der Waals surface area contributed by atoms with Crippen LogP contribution in [0.4, 0.5) is 10.2 Å². The van der Waals surface area contributed by atoms with E-state index in [-0.39, 0.29) is 16.5 Å². The molecule has 1 aliphatic heterocycles. The Morgan fingerprint density at radius 2 is 1.90 bits per heavy atom. The lowest BCUT2D eigenvalue weighted by molar-refractivity contribution is 0.0741. The Labute approximate surface area is 188 Å². The van der Waals surface area contributed by atoms with E-state index in [2.05, 4.69) is 10.3 Å². The number of benzene rings is 1. The molecular weight excluding hydrogens is 439 g/mol. The van der Waals surface area contributed by atoms with Gasteiger partial charge in [-0.05, 0) is 35.7 Å². The van der Waals surface area contributed by atoms with Crippen LogP contribution in [0.5, 0.6) is 0 Å². The molecule has 0 saturated carbocycles. The highest BCUT2D eigenvalue weighted by molar-refractivity contribution is 7.09. The highest BCUT2D eigenvalue weighted by atomic mass is 35.5. The van der Waals surface area contributed by atoms with Gasteiger partial charge in [-0.3, -0.25) is 9.59 Å². The molecule has 1 N–H and O–H groups in total. The Kier molecular flexibility index (Phi) is 6.48. The summed E-state index contributed by atoms with van der Waals surface area (Å²) in [6.07, 6.45) is 1.64. The van der Waals surface area contributed by atoms with E-state index in [4.69, 9.17) is 11.6 Å². The normalized spacial score (nSPS) is 13.9. The summed E-state index contributed by atoms with van der Waals surface area (Å²) < 4.78 is 14.1. The van der Waals surface area contributed by atoms with E-state index in [1.165, 1.54) is 18.2 Å². The highest BCUT2D eigenvalue weighted by Gasteiger charge is 2.28. The number of pyridine rings is 1. The fraction of sp³-hybridized carbons (Fsp3) is 0.227. The Bertz CT molecular complexity index is 1060. The number of nitrogens with zero attached hydrogens (tertiary/aromatic N) is 3. The number of halogens is 2. The van der Waals surface area contributed by atoms with Crippen molar-refractivity contribution in [2.24, 2.45) is 0 Å². The monoisotopic (exact) mass is 458 g/mol. The van der Waals surface area contributed by atoms with Crippen molar-refractivity contribution in [2.75, 3.05) is 31.1 Å². The summed E-state index contributed by atoms with van der Waals surface area (Å²) in [7, 11) is 0. The van der Waals surface area contributed by atoms with Crippen molar-refractivity contribution in [3.8, 4) is 0 Å². The predicted octanol–water partition coefficient (Wildman–Crippen LogP) is 3.83. The van der Waals surface area contributed by atoms with Gasteiger partial charge in [-0.1, -0.05) is 23.7 Å². The zero-order valence-electron chi connectivity index (χ0n) is 16.6. The molecule has 0 radical (unpaired) electrons. The number of aromatic nitrogens is 1. The molecule has 4 rings (SSSR count). The van der Waals surface area contributed by atoms with Crippen molar-refractivity contribution in [1.82, 2.24) is 15.2 Å². The molecule has 1 fully saturated rings. The lowest BCUT2D eigenvalue weighted by Gasteiger charge is -2.36. The minimum absolute atomic E-state index is 0.0989. The van der Waals surface area contributed by atoms with Gasteiger partial charge in [-0.25, -0.2) is 9.37 Å². The SMILES string of the molecule is O=C(NCc1cccs1)c1cccnc1N1CCN(C(=O)c2c(F)cccc2Cl)CC1. The van der Waals surface area contributed by atoms with Crippen molar-refractivity contribution in [1.29, 1.82) is 0 Å². The van der Waals surface area contributed by atoms with Crippen LogP contribution in [-0.4, -0.2) is 47.9 Å². The molecule has 1 saturated heterocycles. The zero-order valence-corrected chi connectivity index (χ0v) is 18.1. The summed E-state index contributed by atoms with van der Waals surface area (Å²) in [5.41, 5.74) is 0.375. The van der Waals surface area contributed by atoms with Gasteiger partial charge in [-0.2, -0.15) is 0 Å². The second-order valence-electron chi connectivity index (χ2n) is 7.01. The van der Waals surface area contributed by atoms with E-state index < -0.39 is 11.7 Å². The third-order valence-electron chi connectivity index (χ3n) is 5.08. The Hall–Kier alpha value is -2.97. The minimum Gasteiger partial charge on any atom is -0.352 e. The van der Waals surface area contributed by atoms with E-state index in [1.807, 2.05) is 22.4 Å². The summed E-state index contributed by atoms with van der Waals surface area (Å²) in [5.74, 6) is -0.692. The molecule has 1 aromatic carbocycles. The van der Waals surface area contributed by atoms with Crippen molar-refractivity contribution < 1.29 is 14.0 Å². The predicted molar refractivity (Wildman–Crippen MR) is 119 cm³/mol. The number of piperazine rings is 1. The van der Waals surface area contributed by atoms with Gasteiger partial charge in [0.2, 0.25) is 0 Å². The fourth-order valence-electron chi connectivity index (χ4n) is 3.48. The Morgan fingerprint density at radius 1 is 1.10 bits per heavy atom. The van der Waals surface area contributed by atoms with Gasteiger partial charge >= 0.3 is 0 Å². The lowest BCUT2D eigenvalue weighted by atomic mass is 10.1. The molecule has 0 aliphatic carbocycles. The number of carbonyl (C=O) groups is 2. The molecule has 6 nitrogen and oxygen atoms in total. The van der Waals surface area contributed by atoms with Crippen LogP contribution >= 0.6 is 22.9 Å². The molecule has 0 atom stereocenters. The van der Waals surface area contributed by atoms with E-state index >= 15 is 0 Å². The fourth-order valence-corrected chi connectivity index (χ4v) is 4.37. The molecule has 0 spiro atoms. The maximum absolute atomic E-state index is 14.1. The summed E-state index contributed by atoms with van der Waals surface area (Å²) in [4.78, 5) is 34.5. The summed E-state index contributed by atoms with van der Waals surface area (Å²) >= 11 is 7.62. The number of hydrogen-bond acceptors (Lipinski definition) is 5. The molecule has 31 heavy (non-hydrogen) atoms. The Balaban J connectivity index is 1.43. The van der Waals surface area contributed by atoms with Crippen molar-refractivity contribution in [3.05, 3.63) is 80.9 Å². The molecule has 3 aromatic rings. The van der Waals surface area contributed by atoms with Crippen LogP contribution in [0.2, 0.25) is 5.02 Å². The first-order valence-corrected chi connectivity index (χ1v) is 11.0. The Morgan fingerprint density at radius 3 is 2.61 bits per heavy atom. The summed E-state index contributed by atoms with van der Waals surface area (Å²) in [5, 5.41) is 4.99. The van der Waals surface area contributed by atoms with Crippen LogP contribution in [-0.2, 0) is 6.54 Å². The van der Waals surface area contributed by atoms with E-state index in [1.54, 1.807) is 34.6 Å². The molecule has 0 bridgehead atoms. The average molecular weight is 459 g/mol. The number of nitrogens with one attached hydrogen (secondary N) is 1. The first-order chi connectivity index (χ1) is 15.0. The quantitative estimate of drug-likeness (QED) is 0.631. The van der Waals surface area contributed by atoms with E-state index in [0.717, 1.165) is 4.88 Å².